The molecule has 25 heavy (non-hydrogen) atoms. The zero-order chi connectivity index (χ0) is 18.4. The molecule has 1 N–H and O–H groups in total. The molecule has 6 nitrogen and oxygen atoms in total. The van der Waals surface area contributed by atoms with Gasteiger partial charge in [-0.15, -0.1) is 0 Å². The third-order valence-electron chi connectivity index (χ3n) is 3.80. The van der Waals surface area contributed by atoms with Crippen molar-refractivity contribution in [1.29, 1.82) is 5.26 Å². The lowest BCUT2D eigenvalue weighted by Crippen LogP contribution is -2.38. The third-order valence-corrected chi connectivity index (χ3v) is 5.26. The fourth-order valence-electron chi connectivity index (χ4n) is 2.29. The van der Waals surface area contributed by atoms with Gasteiger partial charge in [-0.25, -0.2) is 13.1 Å². The van der Waals surface area contributed by atoms with Crippen LogP contribution in [0.3, 0.4) is 0 Å². The zero-order valence-corrected chi connectivity index (χ0v) is 14.9. The van der Waals surface area contributed by atoms with Gasteiger partial charge in [-0.2, -0.15) is 5.26 Å². The van der Waals surface area contributed by atoms with E-state index in [1.165, 1.54) is 23.1 Å². The van der Waals surface area contributed by atoms with Crippen LogP contribution in [0.25, 0.3) is 0 Å². The number of amides is 1. The number of carbonyl (C=O) groups is 1. The van der Waals surface area contributed by atoms with Gasteiger partial charge < -0.3 is 4.90 Å². The summed E-state index contributed by atoms with van der Waals surface area (Å²) < 4.78 is 26.9. The van der Waals surface area contributed by atoms with Crippen LogP contribution in [0, 0.1) is 18.3 Å². The largest absolute Gasteiger partial charge is 0.340 e. The highest BCUT2D eigenvalue weighted by atomic mass is 32.2. The third kappa shape index (κ3) is 4.66. The minimum absolute atomic E-state index is 0.0377. The minimum Gasteiger partial charge on any atom is -0.340 e. The summed E-state index contributed by atoms with van der Waals surface area (Å²) in [5.74, 6) is -0.360. The van der Waals surface area contributed by atoms with Gasteiger partial charge in [0.2, 0.25) is 15.9 Å². The summed E-state index contributed by atoms with van der Waals surface area (Å²) in [6, 6.07) is 15.4. The number of rotatable bonds is 6. The number of nitrogens with one attached hydrogen (secondary N) is 1. The van der Waals surface area contributed by atoms with Gasteiger partial charge in [-0.3, -0.25) is 4.79 Å². The first-order chi connectivity index (χ1) is 11.8. The number of likely N-dealkylation sites (N-methyl/N-ethyl adjacent to an activating group) is 1. The lowest BCUT2D eigenvalue weighted by Gasteiger charge is -2.19. The molecule has 0 fully saturated rings. The molecule has 0 aliphatic carbocycles. The molecular weight excluding hydrogens is 338 g/mol. The van der Waals surface area contributed by atoms with E-state index in [1.807, 2.05) is 37.3 Å². The second kappa shape index (κ2) is 7.92. The molecule has 0 bridgehead atoms. The van der Waals surface area contributed by atoms with Gasteiger partial charge in [0, 0.05) is 13.6 Å². The summed E-state index contributed by atoms with van der Waals surface area (Å²) in [5, 5.41) is 9.02. The molecule has 0 atom stereocenters. The van der Waals surface area contributed by atoms with Crippen molar-refractivity contribution >= 4 is 15.9 Å². The quantitative estimate of drug-likeness (QED) is 0.853. The Labute approximate surface area is 147 Å². The van der Waals surface area contributed by atoms with E-state index in [0.29, 0.717) is 6.54 Å². The van der Waals surface area contributed by atoms with Crippen molar-refractivity contribution in [3.63, 3.8) is 0 Å². The van der Waals surface area contributed by atoms with Crippen molar-refractivity contribution in [2.45, 2.75) is 18.4 Å². The van der Waals surface area contributed by atoms with Crippen molar-refractivity contribution in [2.24, 2.45) is 0 Å². The zero-order valence-electron chi connectivity index (χ0n) is 14.1. The van der Waals surface area contributed by atoms with Gasteiger partial charge >= 0.3 is 0 Å². The van der Waals surface area contributed by atoms with Gasteiger partial charge in [0.05, 0.1) is 17.0 Å². The fraction of sp³-hybridized carbons (Fsp3) is 0.222. The average Bonchev–Trinajstić information content (AvgIpc) is 2.61. The molecule has 2 aromatic rings. The van der Waals surface area contributed by atoms with Crippen molar-refractivity contribution in [2.75, 3.05) is 13.6 Å². The molecule has 0 unspecified atom stereocenters. The molecule has 2 rings (SSSR count). The average molecular weight is 357 g/mol. The maximum absolute atomic E-state index is 12.3. The summed E-state index contributed by atoms with van der Waals surface area (Å²) >= 11 is 0. The summed E-state index contributed by atoms with van der Waals surface area (Å²) in [6.07, 6.45) is 0. The molecule has 0 saturated carbocycles. The summed E-state index contributed by atoms with van der Waals surface area (Å²) in [6.45, 7) is 1.97. The molecule has 0 aromatic heterocycles. The standard InChI is InChI=1S/C18H19N3O3S/c1-14-7-3-4-9-16(14)13-21(2)18(22)12-20-25(23,24)17-10-6-5-8-15(17)11-19/h3-10,20H,12-13H2,1-2H3. The molecule has 130 valence electrons. The number of hydrogen-bond acceptors (Lipinski definition) is 4. The van der Waals surface area contributed by atoms with Gasteiger partial charge in [0.25, 0.3) is 0 Å². The van der Waals surface area contributed by atoms with Crippen LogP contribution in [0.5, 0.6) is 0 Å². The van der Waals surface area contributed by atoms with Crippen LogP contribution in [0.2, 0.25) is 0 Å². The monoisotopic (exact) mass is 357 g/mol. The van der Waals surface area contributed by atoms with Gasteiger partial charge in [0.1, 0.15) is 6.07 Å². The normalized spacial score (nSPS) is 10.9. The lowest BCUT2D eigenvalue weighted by molar-refractivity contribution is -0.129. The van der Waals surface area contributed by atoms with E-state index >= 15 is 0 Å². The highest BCUT2D eigenvalue weighted by molar-refractivity contribution is 7.89. The predicted molar refractivity (Wildman–Crippen MR) is 94.0 cm³/mol. The Balaban J connectivity index is 2.04. The number of aryl methyl sites for hydroxylation is 1. The Bertz CT molecular complexity index is 917. The second-order valence-corrected chi connectivity index (χ2v) is 7.34. The Morgan fingerprint density at radius 3 is 2.48 bits per heavy atom. The lowest BCUT2D eigenvalue weighted by atomic mass is 10.1. The van der Waals surface area contributed by atoms with E-state index in [2.05, 4.69) is 4.72 Å². The van der Waals surface area contributed by atoms with E-state index < -0.39 is 10.0 Å². The van der Waals surface area contributed by atoms with Crippen molar-refractivity contribution < 1.29 is 13.2 Å². The Hall–Kier alpha value is -2.69. The number of hydrogen-bond donors (Lipinski definition) is 1. The second-order valence-electron chi connectivity index (χ2n) is 5.61. The molecule has 0 saturated heterocycles. The van der Waals surface area contributed by atoms with Gasteiger partial charge in [-0.05, 0) is 30.2 Å². The first-order valence-corrected chi connectivity index (χ1v) is 9.10. The predicted octanol–water partition coefficient (Wildman–Crippen LogP) is 1.80. The molecule has 0 aliphatic rings. The highest BCUT2D eigenvalue weighted by Crippen LogP contribution is 2.14. The van der Waals surface area contributed by atoms with Crippen LogP contribution in [0.1, 0.15) is 16.7 Å². The topological polar surface area (TPSA) is 90.3 Å². The number of nitrogens with zero attached hydrogens (tertiary/aromatic N) is 2. The van der Waals surface area contributed by atoms with E-state index in [1.54, 1.807) is 13.1 Å². The van der Waals surface area contributed by atoms with Crippen LogP contribution in [-0.4, -0.2) is 32.8 Å². The fourth-order valence-corrected chi connectivity index (χ4v) is 3.42. The smallest absolute Gasteiger partial charge is 0.242 e. The van der Waals surface area contributed by atoms with E-state index in [-0.39, 0.29) is 22.9 Å². The first kappa shape index (κ1) is 18.6. The highest BCUT2D eigenvalue weighted by Gasteiger charge is 2.20. The molecule has 7 heteroatoms. The number of benzene rings is 2. The Morgan fingerprint density at radius 1 is 1.16 bits per heavy atom. The van der Waals surface area contributed by atoms with E-state index in [4.69, 9.17) is 5.26 Å². The molecule has 2 aromatic carbocycles. The Morgan fingerprint density at radius 2 is 1.80 bits per heavy atom. The number of sulfonamides is 1. The van der Waals surface area contributed by atoms with Crippen molar-refractivity contribution in [1.82, 2.24) is 9.62 Å². The Kier molecular flexibility index (Phi) is 5.91. The summed E-state index contributed by atoms with van der Waals surface area (Å²) in [4.78, 5) is 13.6. The van der Waals surface area contributed by atoms with Crippen LogP contribution < -0.4 is 4.72 Å². The van der Waals surface area contributed by atoms with Crippen LogP contribution in [0.15, 0.2) is 53.4 Å². The van der Waals surface area contributed by atoms with E-state index in [9.17, 15) is 13.2 Å². The maximum Gasteiger partial charge on any atom is 0.242 e. The molecule has 1 amide bonds. The minimum atomic E-state index is -3.93. The molecule has 0 spiro atoms. The summed E-state index contributed by atoms with van der Waals surface area (Å²) in [7, 11) is -2.32. The van der Waals surface area contributed by atoms with Crippen molar-refractivity contribution in [3.8, 4) is 6.07 Å². The van der Waals surface area contributed by atoms with Crippen LogP contribution >= 0.6 is 0 Å². The summed E-state index contributed by atoms with van der Waals surface area (Å²) in [5.41, 5.74) is 2.09. The van der Waals surface area contributed by atoms with Crippen molar-refractivity contribution in [3.05, 3.63) is 65.2 Å². The molecule has 0 heterocycles. The van der Waals surface area contributed by atoms with E-state index in [0.717, 1.165) is 11.1 Å². The molecule has 0 aliphatic heterocycles. The molecule has 0 radical (unpaired) electrons. The van der Waals surface area contributed by atoms with Crippen LogP contribution in [-0.2, 0) is 21.4 Å². The first-order valence-electron chi connectivity index (χ1n) is 7.62. The van der Waals surface area contributed by atoms with Crippen LogP contribution in [0.4, 0.5) is 0 Å². The number of carbonyl (C=O) groups excluding carboxylic acids is 1. The van der Waals surface area contributed by atoms with Gasteiger partial charge in [-0.1, -0.05) is 36.4 Å². The number of nitriles is 1. The van der Waals surface area contributed by atoms with Gasteiger partial charge in [0.15, 0.2) is 0 Å². The molecular formula is C18H19N3O3S. The SMILES string of the molecule is Cc1ccccc1CN(C)C(=O)CNS(=O)(=O)c1ccccc1C#N. The maximum atomic E-state index is 12.3.